The molecule has 9 nitrogen and oxygen atoms in total. The van der Waals surface area contributed by atoms with Crippen molar-refractivity contribution in [1.29, 1.82) is 0 Å². The number of nitrogens with two attached hydrogens (primary N) is 1. The van der Waals surface area contributed by atoms with Gasteiger partial charge in [-0.05, 0) is 62.4 Å². The smallest absolute Gasteiger partial charge is 0.339 e. The maximum absolute atomic E-state index is 11.3. The molecule has 1 aliphatic rings. The number of amides is 1. The van der Waals surface area contributed by atoms with E-state index in [4.69, 9.17) is 15.8 Å². The van der Waals surface area contributed by atoms with Crippen molar-refractivity contribution in [2.45, 2.75) is 52.2 Å². The van der Waals surface area contributed by atoms with Gasteiger partial charge in [0.2, 0.25) is 5.91 Å². The lowest BCUT2D eigenvalue weighted by atomic mass is 9.90. The average Bonchev–Trinajstić information content (AvgIpc) is 3.42. The first kappa shape index (κ1) is 27.0. The summed E-state index contributed by atoms with van der Waals surface area (Å²) >= 11 is 1.68. The number of benzene rings is 1. The number of aromatic carboxylic acids is 1. The molecule has 1 aromatic carbocycles. The van der Waals surface area contributed by atoms with Crippen LogP contribution in [0.5, 0.6) is 0 Å². The molecule has 1 amide bonds. The highest BCUT2D eigenvalue weighted by Gasteiger charge is 2.27. The number of carbonyl (C=O) groups excluding carboxylic acids is 1. The molecule has 3 aromatic heterocycles. The SMILES string of the molecule is Cc1ncnc(C)c1C(=O)O.NC(=O)c1ccc(CN(Cc2cncs2)C2CCCc3cccnc32)cc1. The summed E-state index contributed by atoms with van der Waals surface area (Å²) in [5.74, 6) is -1.37. The van der Waals surface area contributed by atoms with Crippen molar-refractivity contribution in [3.8, 4) is 0 Å². The Kier molecular flexibility index (Phi) is 8.88. The first-order valence-electron chi connectivity index (χ1n) is 12.3. The number of aryl methyl sites for hydroxylation is 3. The highest BCUT2D eigenvalue weighted by atomic mass is 32.1. The standard InChI is InChI=1S/C21H22N4OS.C7H8N2O2/c22-21(26)17-8-6-15(7-9-17)12-25(13-18-11-23-14-27-18)19-5-1-3-16-4-2-10-24-20(16)19;1-4-6(7(10)11)5(2)9-3-8-4/h2,4,6-11,14,19H,1,3,5,12-13H2,(H2,22,26);3H,1-2H3,(H,10,11). The predicted octanol–water partition coefficient (Wildman–Crippen LogP) is 4.51. The quantitative estimate of drug-likeness (QED) is 0.356. The number of fused-ring (bicyclic) bond motifs is 1. The highest BCUT2D eigenvalue weighted by Crippen LogP contribution is 2.35. The largest absolute Gasteiger partial charge is 0.478 e. The first-order chi connectivity index (χ1) is 18.3. The summed E-state index contributed by atoms with van der Waals surface area (Å²) in [6.07, 6.45) is 8.56. The van der Waals surface area contributed by atoms with Gasteiger partial charge in [-0.25, -0.2) is 14.8 Å². The van der Waals surface area contributed by atoms with Gasteiger partial charge >= 0.3 is 5.97 Å². The molecule has 0 saturated carbocycles. The third kappa shape index (κ3) is 6.64. The molecule has 1 aliphatic carbocycles. The summed E-state index contributed by atoms with van der Waals surface area (Å²) in [5, 5.41) is 8.67. The van der Waals surface area contributed by atoms with Gasteiger partial charge in [0.25, 0.3) is 0 Å². The number of pyridine rings is 1. The molecule has 10 heteroatoms. The number of thiazole rings is 1. The van der Waals surface area contributed by atoms with Crippen LogP contribution in [-0.4, -0.2) is 41.8 Å². The summed E-state index contributed by atoms with van der Waals surface area (Å²) in [4.78, 5) is 42.1. The zero-order valence-corrected chi connectivity index (χ0v) is 22.2. The molecule has 0 saturated heterocycles. The Balaban J connectivity index is 0.000000257. The molecule has 5 rings (SSSR count). The van der Waals surface area contributed by atoms with Crippen LogP contribution in [0.4, 0.5) is 0 Å². The van der Waals surface area contributed by atoms with E-state index in [1.807, 2.05) is 36.1 Å². The Bertz CT molecular complexity index is 1370. The first-order valence-corrected chi connectivity index (χ1v) is 13.2. The number of carboxylic acids is 1. The number of hydrogen-bond acceptors (Lipinski definition) is 8. The Morgan fingerprint density at radius 3 is 2.42 bits per heavy atom. The van der Waals surface area contributed by atoms with Gasteiger partial charge in [0.15, 0.2) is 0 Å². The van der Waals surface area contributed by atoms with E-state index in [-0.39, 0.29) is 11.6 Å². The van der Waals surface area contributed by atoms with Crippen molar-refractivity contribution in [3.63, 3.8) is 0 Å². The number of aromatic nitrogens is 4. The molecule has 4 aromatic rings. The van der Waals surface area contributed by atoms with Gasteiger partial charge in [-0.15, -0.1) is 11.3 Å². The van der Waals surface area contributed by atoms with Crippen molar-refractivity contribution in [1.82, 2.24) is 24.8 Å². The Morgan fingerprint density at radius 2 is 1.82 bits per heavy atom. The molecule has 3 N–H and O–H groups in total. The molecule has 0 bridgehead atoms. The zero-order chi connectivity index (χ0) is 27.1. The number of carboxylic acid groups (broad SMARTS) is 1. The molecule has 0 fully saturated rings. The zero-order valence-electron chi connectivity index (χ0n) is 21.4. The summed E-state index contributed by atoms with van der Waals surface area (Å²) in [6.45, 7) is 4.93. The van der Waals surface area contributed by atoms with Crippen LogP contribution < -0.4 is 5.73 Å². The van der Waals surface area contributed by atoms with Crippen LogP contribution in [0, 0.1) is 13.8 Å². The number of primary amides is 1. The van der Waals surface area contributed by atoms with Gasteiger partial charge in [-0.2, -0.15) is 0 Å². The normalized spacial score (nSPS) is 14.3. The maximum Gasteiger partial charge on any atom is 0.339 e. The lowest BCUT2D eigenvalue weighted by Gasteiger charge is -2.34. The van der Waals surface area contributed by atoms with E-state index in [2.05, 4.69) is 25.9 Å². The van der Waals surface area contributed by atoms with E-state index >= 15 is 0 Å². The molecule has 1 atom stereocenters. The minimum absolute atomic E-state index is 0.201. The number of hydrogen-bond donors (Lipinski definition) is 2. The average molecular weight is 531 g/mol. The van der Waals surface area contributed by atoms with Crippen molar-refractivity contribution >= 4 is 23.2 Å². The molecular formula is C28H30N6O3S. The van der Waals surface area contributed by atoms with Crippen molar-refractivity contribution in [3.05, 3.63) is 105 Å². The Labute approximate surface area is 225 Å². The number of carbonyl (C=O) groups is 2. The maximum atomic E-state index is 11.3. The van der Waals surface area contributed by atoms with Crippen LogP contribution >= 0.6 is 11.3 Å². The lowest BCUT2D eigenvalue weighted by Crippen LogP contribution is -2.31. The highest BCUT2D eigenvalue weighted by molar-refractivity contribution is 7.09. The van der Waals surface area contributed by atoms with E-state index in [0.717, 1.165) is 31.5 Å². The van der Waals surface area contributed by atoms with Crippen LogP contribution in [0.2, 0.25) is 0 Å². The third-order valence-corrected chi connectivity index (χ3v) is 7.28. The Hall–Kier alpha value is -4.02. The fraction of sp³-hybridized carbons (Fsp3) is 0.286. The molecule has 3 heterocycles. The van der Waals surface area contributed by atoms with Gasteiger partial charge in [-0.3, -0.25) is 19.7 Å². The fourth-order valence-electron chi connectivity index (χ4n) is 4.65. The third-order valence-electron chi connectivity index (χ3n) is 6.51. The fourth-order valence-corrected chi connectivity index (χ4v) is 5.27. The second-order valence-electron chi connectivity index (χ2n) is 9.11. The predicted molar refractivity (Wildman–Crippen MR) is 145 cm³/mol. The topological polar surface area (TPSA) is 135 Å². The molecule has 0 radical (unpaired) electrons. The van der Waals surface area contributed by atoms with Crippen LogP contribution in [0.25, 0.3) is 0 Å². The molecule has 0 spiro atoms. The van der Waals surface area contributed by atoms with E-state index in [1.165, 1.54) is 28.9 Å². The Morgan fingerprint density at radius 1 is 1.08 bits per heavy atom. The summed E-state index contributed by atoms with van der Waals surface area (Å²) in [5.41, 5.74) is 12.7. The van der Waals surface area contributed by atoms with Crippen molar-refractivity contribution in [2.75, 3.05) is 0 Å². The van der Waals surface area contributed by atoms with Gasteiger partial charge in [0, 0.05) is 35.9 Å². The molecule has 0 aliphatic heterocycles. The second-order valence-corrected chi connectivity index (χ2v) is 10.1. The van der Waals surface area contributed by atoms with Crippen molar-refractivity contribution < 1.29 is 14.7 Å². The molecule has 38 heavy (non-hydrogen) atoms. The van der Waals surface area contributed by atoms with Crippen LogP contribution in [0.1, 0.15) is 72.7 Å². The van der Waals surface area contributed by atoms with Crippen LogP contribution in [0.15, 0.2) is 60.6 Å². The molecule has 196 valence electrons. The number of nitrogens with zero attached hydrogens (tertiary/aromatic N) is 5. The molecule has 1 unspecified atom stereocenters. The molecular weight excluding hydrogens is 500 g/mol. The van der Waals surface area contributed by atoms with Crippen LogP contribution in [0.3, 0.4) is 0 Å². The number of rotatable bonds is 7. The van der Waals surface area contributed by atoms with E-state index in [0.29, 0.717) is 17.0 Å². The minimum Gasteiger partial charge on any atom is -0.478 e. The van der Waals surface area contributed by atoms with E-state index in [1.54, 1.807) is 37.3 Å². The van der Waals surface area contributed by atoms with Crippen LogP contribution in [-0.2, 0) is 19.5 Å². The lowest BCUT2D eigenvalue weighted by molar-refractivity contribution is 0.0694. The van der Waals surface area contributed by atoms with Gasteiger partial charge < -0.3 is 10.8 Å². The summed E-state index contributed by atoms with van der Waals surface area (Å²) in [6, 6.07) is 12.1. The van der Waals surface area contributed by atoms with Crippen molar-refractivity contribution in [2.24, 2.45) is 5.73 Å². The monoisotopic (exact) mass is 530 g/mol. The van der Waals surface area contributed by atoms with Gasteiger partial charge in [0.05, 0.1) is 28.6 Å². The van der Waals surface area contributed by atoms with E-state index < -0.39 is 11.9 Å². The summed E-state index contributed by atoms with van der Waals surface area (Å²) in [7, 11) is 0. The van der Waals surface area contributed by atoms with E-state index in [9.17, 15) is 9.59 Å². The second kappa shape index (κ2) is 12.5. The van der Waals surface area contributed by atoms with Gasteiger partial charge in [-0.1, -0.05) is 18.2 Å². The summed E-state index contributed by atoms with van der Waals surface area (Å²) < 4.78 is 0. The van der Waals surface area contributed by atoms with Gasteiger partial charge in [0.1, 0.15) is 11.9 Å². The minimum atomic E-state index is -0.972.